The summed E-state index contributed by atoms with van der Waals surface area (Å²) in [6.07, 6.45) is 0. The summed E-state index contributed by atoms with van der Waals surface area (Å²) in [6, 6.07) is 3.50. The molecule has 20 heavy (non-hydrogen) atoms. The minimum atomic E-state index is -0.482. The number of benzene rings is 1. The Hall–Kier alpha value is -1.79. The summed E-state index contributed by atoms with van der Waals surface area (Å²) < 4.78 is 15.0. The van der Waals surface area contributed by atoms with Crippen LogP contribution in [0, 0.1) is 0 Å². The molecule has 0 unspecified atom stereocenters. The van der Waals surface area contributed by atoms with Gasteiger partial charge in [-0.05, 0) is 12.1 Å². The largest absolute Gasteiger partial charge is 0.493 e. The van der Waals surface area contributed by atoms with Crippen molar-refractivity contribution in [3.8, 4) is 22.1 Å². The number of hydrogen-bond acceptors (Lipinski definition) is 6. The van der Waals surface area contributed by atoms with Crippen LogP contribution in [0.2, 0.25) is 5.02 Å². The number of aromatic nitrogens is 1. The number of hydrogen-bond donors (Lipinski definition) is 0. The molecule has 0 bridgehead atoms. The molecule has 0 saturated carbocycles. The quantitative estimate of drug-likeness (QED) is 0.811. The van der Waals surface area contributed by atoms with E-state index in [9.17, 15) is 4.79 Å². The molecule has 0 aliphatic carbocycles. The Labute approximate surface area is 125 Å². The number of carbonyl (C=O) groups excluding carboxylic acids is 1. The number of rotatable bonds is 4. The van der Waals surface area contributed by atoms with Gasteiger partial charge in [0.2, 0.25) is 0 Å². The fraction of sp³-hybridized carbons (Fsp3) is 0.231. The number of carbonyl (C=O) groups is 1. The third-order valence-corrected chi connectivity index (χ3v) is 3.86. The van der Waals surface area contributed by atoms with Crippen molar-refractivity contribution in [2.75, 3.05) is 21.3 Å². The van der Waals surface area contributed by atoms with E-state index in [0.29, 0.717) is 27.1 Å². The van der Waals surface area contributed by atoms with E-state index in [-0.39, 0.29) is 5.69 Å². The molecule has 0 atom stereocenters. The average molecular weight is 314 g/mol. The Kier molecular flexibility index (Phi) is 4.46. The highest BCUT2D eigenvalue weighted by Crippen LogP contribution is 2.42. The smallest absolute Gasteiger partial charge is 0.357 e. The normalized spacial score (nSPS) is 10.2. The van der Waals surface area contributed by atoms with E-state index in [2.05, 4.69) is 9.72 Å². The Bertz CT molecular complexity index is 641. The first kappa shape index (κ1) is 14.6. The molecule has 0 amide bonds. The third-order valence-electron chi connectivity index (χ3n) is 2.61. The van der Waals surface area contributed by atoms with Gasteiger partial charge in [0.25, 0.3) is 0 Å². The monoisotopic (exact) mass is 313 g/mol. The summed E-state index contributed by atoms with van der Waals surface area (Å²) in [4.78, 5) is 15.6. The van der Waals surface area contributed by atoms with Crippen LogP contribution in [0.5, 0.6) is 11.5 Å². The molecule has 0 fully saturated rings. The number of nitrogens with zero attached hydrogens (tertiary/aromatic N) is 1. The second-order valence-corrected chi connectivity index (χ2v) is 4.93. The molecule has 0 saturated heterocycles. The van der Waals surface area contributed by atoms with E-state index in [1.807, 2.05) is 0 Å². The van der Waals surface area contributed by atoms with Gasteiger partial charge in [-0.1, -0.05) is 11.6 Å². The summed E-state index contributed by atoms with van der Waals surface area (Å²) in [6.45, 7) is 0. The maximum absolute atomic E-state index is 11.4. The second kappa shape index (κ2) is 6.11. The maximum atomic E-state index is 11.4. The van der Waals surface area contributed by atoms with Crippen molar-refractivity contribution < 1.29 is 19.0 Å². The van der Waals surface area contributed by atoms with Crippen LogP contribution in [0.4, 0.5) is 0 Å². The van der Waals surface area contributed by atoms with Crippen LogP contribution in [0.25, 0.3) is 10.6 Å². The van der Waals surface area contributed by atoms with Crippen molar-refractivity contribution in [3.05, 3.63) is 28.2 Å². The van der Waals surface area contributed by atoms with E-state index >= 15 is 0 Å². The number of ether oxygens (including phenoxy) is 3. The lowest BCUT2D eigenvalue weighted by atomic mass is 10.2. The highest BCUT2D eigenvalue weighted by atomic mass is 35.5. The first-order valence-electron chi connectivity index (χ1n) is 5.57. The van der Waals surface area contributed by atoms with E-state index in [1.165, 1.54) is 32.7 Å². The molecule has 0 aliphatic heterocycles. The molecule has 2 rings (SSSR count). The molecule has 5 nitrogen and oxygen atoms in total. The Morgan fingerprint density at radius 3 is 2.60 bits per heavy atom. The summed E-state index contributed by atoms with van der Waals surface area (Å²) in [5.74, 6) is 0.483. The number of esters is 1. The lowest BCUT2D eigenvalue weighted by molar-refractivity contribution is 0.0595. The number of halogens is 1. The standard InChI is InChI=1S/C13H12ClNO4S/c1-17-9-5-4-7(10(14)11(9)18-2)12-15-8(6-20-12)13(16)19-3/h4-6H,1-3H3. The zero-order valence-corrected chi connectivity index (χ0v) is 12.7. The van der Waals surface area contributed by atoms with Gasteiger partial charge >= 0.3 is 5.97 Å². The maximum Gasteiger partial charge on any atom is 0.357 e. The van der Waals surface area contributed by atoms with Gasteiger partial charge in [0, 0.05) is 10.9 Å². The molecule has 0 radical (unpaired) electrons. The van der Waals surface area contributed by atoms with Gasteiger partial charge < -0.3 is 14.2 Å². The second-order valence-electron chi connectivity index (χ2n) is 3.69. The van der Waals surface area contributed by atoms with E-state index in [1.54, 1.807) is 17.5 Å². The van der Waals surface area contributed by atoms with Crippen LogP contribution in [0.3, 0.4) is 0 Å². The van der Waals surface area contributed by atoms with E-state index < -0.39 is 5.97 Å². The molecular formula is C13H12ClNO4S. The van der Waals surface area contributed by atoms with Crippen molar-refractivity contribution in [1.82, 2.24) is 4.98 Å². The Balaban J connectivity index is 2.48. The van der Waals surface area contributed by atoms with Crippen LogP contribution in [0.1, 0.15) is 10.5 Å². The zero-order valence-electron chi connectivity index (χ0n) is 11.1. The van der Waals surface area contributed by atoms with E-state index in [0.717, 1.165) is 0 Å². The minimum Gasteiger partial charge on any atom is -0.493 e. The number of thiazole rings is 1. The van der Waals surface area contributed by atoms with Gasteiger partial charge in [-0.25, -0.2) is 9.78 Å². The van der Waals surface area contributed by atoms with Crippen molar-refractivity contribution in [1.29, 1.82) is 0 Å². The molecule has 0 aliphatic rings. The van der Waals surface area contributed by atoms with Crippen LogP contribution < -0.4 is 9.47 Å². The first-order chi connectivity index (χ1) is 9.62. The molecule has 7 heteroatoms. The van der Waals surface area contributed by atoms with Gasteiger partial charge in [-0.2, -0.15) is 0 Å². The minimum absolute atomic E-state index is 0.248. The van der Waals surface area contributed by atoms with Crippen LogP contribution >= 0.6 is 22.9 Å². The molecule has 106 valence electrons. The molecule has 0 N–H and O–H groups in total. The lowest BCUT2D eigenvalue weighted by Crippen LogP contribution is -2.01. The highest BCUT2D eigenvalue weighted by molar-refractivity contribution is 7.13. The van der Waals surface area contributed by atoms with Gasteiger partial charge in [0.1, 0.15) is 5.01 Å². The Morgan fingerprint density at radius 1 is 1.25 bits per heavy atom. The summed E-state index contributed by atoms with van der Waals surface area (Å²) in [5, 5.41) is 2.61. The average Bonchev–Trinajstić information content (AvgIpc) is 2.95. The van der Waals surface area contributed by atoms with Crippen molar-refractivity contribution >= 4 is 28.9 Å². The van der Waals surface area contributed by atoms with Crippen LogP contribution in [0.15, 0.2) is 17.5 Å². The highest BCUT2D eigenvalue weighted by Gasteiger charge is 2.18. The van der Waals surface area contributed by atoms with Crippen molar-refractivity contribution in [2.24, 2.45) is 0 Å². The van der Waals surface area contributed by atoms with Gasteiger partial charge in [0.05, 0.1) is 26.4 Å². The predicted octanol–water partition coefficient (Wildman–Crippen LogP) is 3.27. The van der Waals surface area contributed by atoms with Crippen molar-refractivity contribution in [3.63, 3.8) is 0 Å². The molecule has 2 aromatic rings. The fourth-order valence-electron chi connectivity index (χ4n) is 1.65. The topological polar surface area (TPSA) is 57.7 Å². The fourth-order valence-corrected chi connectivity index (χ4v) is 2.85. The van der Waals surface area contributed by atoms with E-state index in [4.69, 9.17) is 21.1 Å². The summed E-state index contributed by atoms with van der Waals surface area (Å²) in [5.41, 5.74) is 0.919. The molecular weight excluding hydrogens is 302 g/mol. The SMILES string of the molecule is COC(=O)c1csc(-c2ccc(OC)c(OC)c2Cl)n1. The lowest BCUT2D eigenvalue weighted by Gasteiger charge is -2.11. The summed E-state index contributed by atoms with van der Waals surface area (Å²) >= 11 is 7.60. The van der Waals surface area contributed by atoms with Crippen molar-refractivity contribution in [2.45, 2.75) is 0 Å². The Morgan fingerprint density at radius 2 is 2.00 bits per heavy atom. The predicted molar refractivity (Wildman–Crippen MR) is 77.0 cm³/mol. The van der Waals surface area contributed by atoms with Crippen LogP contribution in [-0.2, 0) is 4.74 Å². The van der Waals surface area contributed by atoms with Crippen LogP contribution in [-0.4, -0.2) is 32.3 Å². The third kappa shape index (κ3) is 2.57. The number of methoxy groups -OCH3 is 3. The molecule has 1 aromatic heterocycles. The summed E-state index contributed by atoms with van der Waals surface area (Å²) in [7, 11) is 4.35. The zero-order chi connectivity index (χ0) is 14.7. The van der Waals surface area contributed by atoms with Gasteiger partial charge in [-0.15, -0.1) is 11.3 Å². The van der Waals surface area contributed by atoms with Gasteiger partial charge in [-0.3, -0.25) is 0 Å². The van der Waals surface area contributed by atoms with Gasteiger partial charge in [0.15, 0.2) is 17.2 Å². The molecule has 1 heterocycles. The first-order valence-corrected chi connectivity index (χ1v) is 6.82. The molecule has 0 spiro atoms. The molecule has 1 aromatic carbocycles.